The Labute approximate surface area is 151 Å². The van der Waals surface area contributed by atoms with Crippen LogP contribution in [0.2, 0.25) is 5.02 Å². The minimum Gasteiger partial charge on any atom is -0.384 e. The SMILES string of the molecule is CCNc1cc(Cl)cc2c1[nH]c1cnc(NCc3ccccc3)cc12. The van der Waals surface area contributed by atoms with E-state index in [4.69, 9.17) is 11.6 Å². The molecule has 0 aliphatic carbocycles. The number of fused-ring (bicyclic) bond motifs is 3. The van der Waals surface area contributed by atoms with Crippen LogP contribution in [0.5, 0.6) is 0 Å². The quantitative estimate of drug-likeness (QED) is 0.451. The lowest BCUT2D eigenvalue weighted by atomic mass is 10.1. The number of rotatable bonds is 5. The molecule has 4 rings (SSSR count). The van der Waals surface area contributed by atoms with Crippen LogP contribution in [0.4, 0.5) is 11.5 Å². The van der Waals surface area contributed by atoms with Crippen molar-refractivity contribution < 1.29 is 0 Å². The van der Waals surface area contributed by atoms with Crippen LogP contribution in [-0.4, -0.2) is 16.5 Å². The highest BCUT2D eigenvalue weighted by molar-refractivity contribution is 6.32. The Balaban J connectivity index is 1.73. The fraction of sp³-hybridized carbons (Fsp3) is 0.150. The third-order valence-corrected chi connectivity index (χ3v) is 4.46. The van der Waals surface area contributed by atoms with E-state index >= 15 is 0 Å². The zero-order chi connectivity index (χ0) is 17.2. The standard InChI is InChI=1S/C20H19ClN4/c1-2-22-17-9-14(21)8-16-15-10-19(24-12-18(15)25-20(16)17)23-11-13-6-4-3-5-7-13/h3-10,12,22,25H,2,11H2,1H3,(H,23,24). The van der Waals surface area contributed by atoms with Gasteiger partial charge in [-0.2, -0.15) is 0 Å². The van der Waals surface area contributed by atoms with E-state index in [1.807, 2.05) is 36.5 Å². The molecule has 0 bridgehead atoms. The first kappa shape index (κ1) is 15.8. The van der Waals surface area contributed by atoms with Crippen LogP contribution in [0.15, 0.2) is 54.7 Å². The van der Waals surface area contributed by atoms with Crippen LogP contribution < -0.4 is 10.6 Å². The van der Waals surface area contributed by atoms with Gasteiger partial charge in [-0.3, -0.25) is 0 Å². The summed E-state index contributed by atoms with van der Waals surface area (Å²) < 4.78 is 0. The first-order valence-electron chi connectivity index (χ1n) is 8.37. The molecule has 0 atom stereocenters. The number of benzene rings is 2. The Morgan fingerprint density at radius 2 is 1.88 bits per heavy atom. The molecule has 0 saturated heterocycles. The van der Waals surface area contributed by atoms with Gasteiger partial charge in [0.15, 0.2) is 0 Å². The van der Waals surface area contributed by atoms with Crippen molar-refractivity contribution in [3.05, 3.63) is 65.3 Å². The van der Waals surface area contributed by atoms with Crippen molar-refractivity contribution >= 4 is 44.9 Å². The summed E-state index contributed by atoms with van der Waals surface area (Å²) in [6, 6.07) is 16.3. The molecule has 2 heterocycles. The summed E-state index contributed by atoms with van der Waals surface area (Å²) in [6.07, 6.45) is 1.87. The summed E-state index contributed by atoms with van der Waals surface area (Å²) in [6.45, 7) is 3.65. The van der Waals surface area contributed by atoms with Gasteiger partial charge in [0.2, 0.25) is 0 Å². The number of hydrogen-bond donors (Lipinski definition) is 3. The first-order chi connectivity index (χ1) is 12.2. The van der Waals surface area contributed by atoms with Gasteiger partial charge in [0.1, 0.15) is 5.82 Å². The fourth-order valence-corrected chi connectivity index (χ4v) is 3.30. The lowest BCUT2D eigenvalue weighted by Gasteiger charge is -2.06. The highest BCUT2D eigenvalue weighted by Gasteiger charge is 2.11. The second-order valence-corrected chi connectivity index (χ2v) is 6.42. The van der Waals surface area contributed by atoms with Crippen molar-refractivity contribution in [2.75, 3.05) is 17.2 Å². The molecule has 0 unspecified atom stereocenters. The van der Waals surface area contributed by atoms with Crippen LogP contribution in [0.3, 0.4) is 0 Å². The minimum atomic E-state index is 0.722. The van der Waals surface area contributed by atoms with Gasteiger partial charge in [-0.25, -0.2) is 4.98 Å². The van der Waals surface area contributed by atoms with Crippen molar-refractivity contribution in [3.8, 4) is 0 Å². The van der Waals surface area contributed by atoms with E-state index in [-0.39, 0.29) is 0 Å². The van der Waals surface area contributed by atoms with Gasteiger partial charge in [0.05, 0.1) is 22.9 Å². The predicted molar refractivity (Wildman–Crippen MR) is 107 cm³/mol. The maximum atomic E-state index is 6.31. The fourth-order valence-electron chi connectivity index (χ4n) is 3.08. The van der Waals surface area contributed by atoms with Crippen molar-refractivity contribution in [3.63, 3.8) is 0 Å². The van der Waals surface area contributed by atoms with E-state index in [1.54, 1.807) is 0 Å². The summed E-state index contributed by atoms with van der Waals surface area (Å²) in [7, 11) is 0. The zero-order valence-corrected chi connectivity index (χ0v) is 14.7. The predicted octanol–water partition coefficient (Wildman–Crippen LogP) is 5.41. The molecule has 0 amide bonds. The molecule has 0 radical (unpaired) electrons. The number of halogens is 1. The molecule has 2 aromatic carbocycles. The number of nitrogens with zero attached hydrogens (tertiary/aromatic N) is 1. The van der Waals surface area contributed by atoms with Crippen LogP contribution in [0.1, 0.15) is 12.5 Å². The molecule has 0 saturated carbocycles. The lowest BCUT2D eigenvalue weighted by molar-refractivity contribution is 1.12. The minimum absolute atomic E-state index is 0.722. The largest absolute Gasteiger partial charge is 0.384 e. The Morgan fingerprint density at radius 3 is 2.68 bits per heavy atom. The maximum Gasteiger partial charge on any atom is 0.126 e. The smallest absolute Gasteiger partial charge is 0.126 e. The molecule has 4 aromatic rings. The van der Waals surface area contributed by atoms with E-state index in [0.29, 0.717) is 0 Å². The van der Waals surface area contributed by atoms with Gasteiger partial charge in [-0.15, -0.1) is 0 Å². The molecule has 0 aliphatic rings. The van der Waals surface area contributed by atoms with E-state index in [0.717, 1.165) is 51.4 Å². The van der Waals surface area contributed by atoms with E-state index in [9.17, 15) is 0 Å². The summed E-state index contributed by atoms with van der Waals surface area (Å²) >= 11 is 6.31. The van der Waals surface area contributed by atoms with E-state index in [2.05, 4.69) is 45.7 Å². The number of aromatic amines is 1. The summed E-state index contributed by atoms with van der Waals surface area (Å²) in [5.41, 5.74) is 4.30. The Kier molecular flexibility index (Phi) is 4.20. The molecule has 0 spiro atoms. The Bertz CT molecular complexity index is 1020. The molecule has 0 fully saturated rings. The molecule has 0 aliphatic heterocycles. The second-order valence-electron chi connectivity index (χ2n) is 5.99. The topological polar surface area (TPSA) is 52.7 Å². The molecule has 25 heavy (non-hydrogen) atoms. The van der Waals surface area contributed by atoms with Crippen molar-refractivity contribution in [1.82, 2.24) is 9.97 Å². The van der Waals surface area contributed by atoms with Crippen molar-refractivity contribution in [2.45, 2.75) is 13.5 Å². The van der Waals surface area contributed by atoms with Crippen LogP contribution in [-0.2, 0) is 6.54 Å². The Hall–Kier alpha value is -2.72. The van der Waals surface area contributed by atoms with Crippen molar-refractivity contribution in [2.24, 2.45) is 0 Å². The zero-order valence-electron chi connectivity index (χ0n) is 13.9. The van der Waals surface area contributed by atoms with Crippen LogP contribution >= 0.6 is 11.6 Å². The number of H-pyrrole nitrogens is 1. The summed E-state index contributed by atoms with van der Waals surface area (Å²) in [5, 5.41) is 9.69. The number of anilines is 2. The number of pyridine rings is 1. The third kappa shape index (κ3) is 3.13. The molecule has 5 heteroatoms. The maximum absolute atomic E-state index is 6.31. The van der Waals surface area contributed by atoms with E-state index in [1.165, 1.54) is 5.56 Å². The second kappa shape index (κ2) is 6.65. The molecule has 4 nitrogen and oxygen atoms in total. The van der Waals surface area contributed by atoms with Gasteiger partial charge >= 0.3 is 0 Å². The van der Waals surface area contributed by atoms with Crippen LogP contribution in [0.25, 0.3) is 21.8 Å². The first-order valence-corrected chi connectivity index (χ1v) is 8.75. The van der Waals surface area contributed by atoms with Gasteiger partial charge in [0, 0.05) is 28.9 Å². The van der Waals surface area contributed by atoms with E-state index < -0.39 is 0 Å². The molecular weight excluding hydrogens is 332 g/mol. The monoisotopic (exact) mass is 350 g/mol. The van der Waals surface area contributed by atoms with Crippen LogP contribution in [0, 0.1) is 0 Å². The summed E-state index contributed by atoms with van der Waals surface area (Å²) in [5.74, 6) is 0.849. The number of hydrogen-bond acceptors (Lipinski definition) is 3. The normalized spacial score (nSPS) is 11.1. The molecule has 126 valence electrons. The van der Waals surface area contributed by atoms with Crippen molar-refractivity contribution in [1.29, 1.82) is 0 Å². The highest BCUT2D eigenvalue weighted by Crippen LogP contribution is 2.34. The lowest BCUT2D eigenvalue weighted by Crippen LogP contribution is -2.00. The van der Waals surface area contributed by atoms with Gasteiger partial charge in [-0.1, -0.05) is 41.9 Å². The highest BCUT2D eigenvalue weighted by atomic mass is 35.5. The number of aromatic nitrogens is 2. The van der Waals surface area contributed by atoms with Gasteiger partial charge < -0.3 is 15.6 Å². The number of nitrogens with one attached hydrogen (secondary N) is 3. The average Bonchev–Trinajstić information content (AvgIpc) is 2.99. The van der Waals surface area contributed by atoms with Gasteiger partial charge in [-0.05, 0) is 30.7 Å². The average molecular weight is 351 g/mol. The third-order valence-electron chi connectivity index (χ3n) is 4.24. The van der Waals surface area contributed by atoms with Gasteiger partial charge in [0.25, 0.3) is 0 Å². The molecular formula is C20H19ClN4. The molecule has 3 N–H and O–H groups in total. The Morgan fingerprint density at radius 1 is 1.04 bits per heavy atom. The molecule has 2 aromatic heterocycles. The summed E-state index contributed by atoms with van der Waals surface area (Å²) in [4.78, 5) is 7.97.